The lowest BCUT2D eigenvalue weighted by Gasteiger charge is -2.26. The Morgan fingerprint density at radius 1 is 1.23 bits per heavy atom. The molecule has 0 saturated carbocycles. The van der Waals surface area contributed by atoms with E-state index < -0.39 is 0 Å². The number of nitrogens with one attached hydrogen (secondary N) is 1. The largest absolute Gasteiger partial charge is 0.497 e. The van der Waals surface area contributed by atoms with Gasteiger partial charge in [0.1, 0.15) is 17.4 Å². The van der Waals surface area contributed by atoms with Gasteiger partial charge in [-0.3, -0.25) is 4.79 Å². The third-order valence-electron chi connectivity index (χ3n) is 6.20. The molecule has 2 aliphatic heterocycles. The number of rotatable bonds is 6. The van der Waals surface area contributed by atoms with Gasteiger partial charge < -0.3 is 19.9 Å². The van der Waals surface area contributed by atoms with E-state index in [1.54, 1.807) is 7.11 Å². The molecule has 0 spiro atoms. The van der Waals surface area contributed by atoms with Crippen molar-refractivity contribution in [3.05, 3.63) is 46.9 Å². The normalized spacial score (nSPS) is 18.9. The maximum atomic E-state index is 12.8. The van der Waals surface area contributed by atoms with Gasteiger partial charge in [-0.25, -0.2) is 9.97 Å². The topological polar surface area (TPSA) is 70.6 Å². The van der Waals surface area contributed by atoms with Gasteiger partial charge in [0.2, 0.25) is 5.91 Å². The predicted octanol–water partition coefficient (Wildman–Crippen LogP) is 2.46. The summed E-state index contributed by atoms with van der Waals surface area (Å²) in [6, 6.07) is 7.93. The van der Waals surface area contributed by atoms with Crippen LogP contribution in [0.4, 0.5) is 5.82 Å². The van der Waals surface area contributed by atoms with Crippen LogP contribution in [-0.4, -0.2) is 66.5 Å². The number of nitrogens with zero attached hydrogens (tertiary/aromatic N) is 4. The van der Waals surface area contributed by atoms with Gasteiger partial charge in [0.05, 0.1) is 12.8 Å². The van der Waals surface area contributed by atoms with Crippen LogP contribution in [0, 0.1) is 0 Å². The van der Waals surface area contributed by atoms with Crippen LogP contribution < -0.4 is 10.1 Å². The Bertz CT molecular complexity index is 882. The first-order valence-corrected chi connectivity index (χ1v) is 10.7. The van der Waals surface area contributed by atoms with Crippen molar-refractivity contribution in [2.24, 2.45) is 0 Å². The number of amides is 1. The molecule has 2 aromatic rings. The van der Waals surface area contributed by atoms with Gasteiger partial charge >= 0.3 is 0 Å². The lowest BCUT2D eigenvalue weighted by molar-refractivity contribution is -0.130. The number of benzene rings is 1. The van der Waals surface area contributed by atoms with Crippen molar-refractivity contribution < 1.29 is 9.53 Å². The second-order valence-electron chi connectivity index (χ2n) is 8.27. The van der Waals surface area contributed by atoms with Crippen LogP contribution in [0.25, 0.3) is 0 Å². The molecule has 0 radical (unpaired) electrons. The molecule has 30 heavy (non-hydrogen) atoms. The number of hydrogen-bond donors (Lipinski definition) is 1. The summed E-state index contributed by atoms with van der Waals surface area (Å²) in [5, 5.41) is 3.25. The Morgan fingerprint density at radius 2 is 2.03 bits per heavy atom. The minimum Gasteiger partial charge on any atom is -0.497 e. The fourth-order valence-corrected chi connectivity index (χ4v) is 4.36. The van der Waals surface area contributed by atoms with Crippen LogP contribution in [0.3, 0.4) is 0 Å². The fraction of sp³-hybridized carbons (Fsp3) is 0.522. The number of aryl methyl sites for hydroxylation is 1. The maximum Gasteiger partial charge on any atom is 0.222 e. The molecule has 160 valence electrons. The van der Waals surface area contributed by atoms with Gasteiger partial charge in [0.25, 0.3) is 0 Å². The lowest BCUT2D eigenvalue weighted by atomic mass is 10.0. The molecule has 1 saturated heterocycles. The first-order valence-electron chi connectivity index (χ1n) is 10.7. The Kier molecular flexibility index (Phi) is 6.18. The highest BCUT2D eigenvalue weighted by Gasteiger charge is 2.30. The molecular formula is C23H31N5O2. The summed E-state index contributed by atoms with van der Waals surface area (Å²) >= 11 is 0. The minimum absolute atomic E-state index is 0.210. The molecule has 1 N–H and O–H groups in total. The number of fused-ring (bicyclic) bond motifs is 1. The Morgan fingerprint density at radius 3 is 2.77 bits per heavy atom. The van der Waals surface area contributed by atoms with Crippen molar-refractivity contribution in [2.75, 3.05) is 46.2 Å². The van der Waals surface area contributed by atoms with E-state index in [0.29, 0.717) is 13.0 Å². The van der Waals surface area contributed by atoms with Gasteiger partial charge in [-0.1, -0.05) is 12.1 Å². The molecule has 2 aliphatic rings. The fourth-order valence-electron chi connectivity index (χ4n) is 4.36. The number of anilines is 1. The van der Waals surface area contributed by atoms with E-state index in [-0.39, 0.29) is 11.8 Å². The van der Waals surface area contributed by atoms with Gasteiger partial charge in [-0.15, -0.1) is 0 Å². The van der Waals surface area contributed by atoms with Crippen LogP contribution in [0.15, 0.2) is 24.3 Å². The molecule has 4 rings (SSSR count). The average molecular weight is 410 g/mol. The van der Waals surface area contributed by atoms with Gasteiger partial charge in [0, 0.05) is 57.5 Å². The monoisotopic (exact) mass is 409 g/mol. The zero-order valence-corrected chi connectivity index (χ0v) is 18.1. The van der Waals surface area contributed by atoms with Crippen molar-refractivity contribution in [1.82, 2.24) is 19.8 Å². The zero-order valence-electron chi connectivity index (χ0n) is 18.1. The lowest BCUT2D eigenvalue weighted by Crippen LogP contribution is -2.30. The van der Waals surface area contributed by atoms with Crippen LogP contribution in [0.1, 0.15) is 41.4 Å². The van der Waals surface area contributed by atoms with Gasteiger partial charge in [-0.05, 0) is 37.6 Å². The average Bonchev–Trinajstić information content (AvgIpc) is 3.27. The van der Waals surface area contributed by atoms with Crippen molar-refractivity contribution in [3.63, 3.8) is 0 Å². The zero-order chi connectivity index (χ0) is 21.1. The Labute approximate surface area is 178 Å². The van der Waals surface area contributed by atoms with Crippen LogP contribution in [0.5, 0.6) is 5.75 Å². The number of likely N-dealkylation sites (tertiary alicyclic amines) is 1. The summed E-state index contributed by atoms with van der Waals surface area (Å²) < 4.78 is 5.19. The summed E-state index contributed by atoms with van der Waals surface area (Å²) in [6.45, 7) is 3.40. The Hall–Kier alpha value is -2.67. The summed E-state index contributed by atoms with van der Waals surface area (Å²) in [5.41, 5.74) is 3.52. The van der Waals surface area contributed by atoms with E-state index in [2.05, 4.69) is 17.3 Å². The summed E-state index contributed by atoms with van der Waals surface area (Å²) in [5.74, 6) is 3.08. The van der Waals surface area contributed by atoms with E-state index >= 15 is 0 Å². The molecule has 1 fully saturated rings. The van der Waals surface area contributed by atoms with Gasteiger partial charge in [-0.2, -0.15) is 0 Å². The van der Waals surface area contributed by atoms with Crippen molar-refractivity contribution in [3.8, 4) is 5.75 Å². The number of carbonyl (C=O) groups excluding carboxylic acids is 1. The molecular weight excluding hydrogens is 378 g/mol. The number of aromatic nitrogens is 2. The van der Waals surface area contributed by atoms with E-state index in [0.717, 1.165) is 67.5 Å². The van der Waals surface area contributed by atoms with Gasteiger partial charge in [0.15, 0.2) is 0 Å². The highest BCUT2D eigenvalue weighted by molar-refractivity contribution is 5.76. The number of likely N-dealkylation sites (N-methyl/N-ethyl adjacent to an activating group) is 1. The smallest absolute Gasteiger partial charge is 0.222 e. The SMILES string of the molecule is CNc1nc([C@@H]2CCN(C(=O)CCc3ccc(OC)cc3)C2)nc2c1CN(C)CC2. The van der Waals surface area contributed by atoms with Crippen LogP contribution in [-0.2, 0) is 24.2 Å². The quantitative estimate of drug-likeness (QED) is 0.790. The standard InChI is InChI=1S/C23H31N5O2/c1-24-23-19-15-27(2)12-11-20(19)25-22(26-23)17-10-13-28(14-17)21(29)9-6-16-4-7-18(30-3)8-5-16/h4-5,7-8,17H,6,9-15H2,1-3H3,(H,24,25,26)/t17-/m1/s1. The molecule has 7 nitrogen and oxygen atoms in total. The molecule has 1 aromatic carbocycles. The summed E-state index contributed by atoms with van der Waals surface area (Å²) in [6.07, 6.45) is 3.15. The third kappa shape index (κ3) is 4.41. The third-order valence-corrected chi connectivity index (χ3v) is 6.20. The number of methoxy groups -OCH3 is 1. The second kappa shape index (κ2) is 9.00. The van der Waals surface area contributed by atoms with E-state index in [9.17, 15) is 4.79 Å². The summed E-state index contributed by atoms with van der Waals surface area (Å²) in [7, 11) is 5.71. The molecule has 7 heteroatoms. The van der Waals surface area contributed by atoms with Crippen molar-refractivity contribution in [1.29, 1.82) is 0 Å². The molecule has 3 heterocycles. The Balaban J connectivity index is 1.38. The number of hydrogen-bond acceptors (Lipinski definition) is 6. The molecule has 0 unspecified atom stereocenters. The first kappa shape index (κ1) is 20.6. The van der Waals surface area contributed by atoms with E-state index in [4.69, 9.17) is 14.7 Å². The molecule has 0 aliphatic carbocycles. The molecule has 1 atom stereocenters. The van der Waals surface area contributed by atoms with E-state index in [1.165, 1.54) is 5.56 Å². The van der Waals surface area contributed by atoms with E-state index in [1.807, 2.05) is 36.2 Å². The minimum atomic E-state index is 0.210. The van der Waals surface area contributed by atoms with Crippen LogP contribution >= 0.6 is 0 Å². The number of carbonyl (C=O) groups is 1. The summed E-state index contributed by atoms with van der Waals surface area (Å²) in [4.78, 5) is 26.8. The predicted molar refractivity (Wildman–Crippen MR) is 117 cm³/mol. The first-order chi connectivity index (χ1) is 14.6. The number of ether oxygens (including phenoxy) is 1. The molecule has 1 amide bonds. The molecule has 0 bridgehead atoms. The van der Waals surface area contributed by atoms with Crippen molar-refractivity contribution >= 4 is 11.7 Å². The maximum absolute atomic E-state index is 12.8. The molecule has 1 aromatic heterocycles. The highest BCUT2D eigenvalue weighted by Crippen LogP contribution is 2.30. The van der Waals surface area contributed by atoms with Crippen LogP contribution in [0.2, 0.25) is 0 Å². The highest BCUT2D eigenvalue weighted by atomic mass is 16.5. The second-order valence-corrected chi connectivity index (χ2v) is 8.27. The van der Waals surface area contributed by atoms with Crippen molar-refractivity contribution in [2.45, 2.75) is 38.1 Å².